The smallest absolute Gasteiger partial charge is 0.0217 e. The van der Waals surface area contributed by atoms with Gasteiger partial charge in [0.25, 0.3) is 0 Å². The van der Waals surface area contributed by atoms with Crippen LogP contribution in [0.2, 0.25) is 0 Å². The highest BCUT2D eigenvalue weighted by Gasteiger charge is 2.45. The summed E-state index contributed by atoms with van der Waals surface area (Å²) in [6, 6.07) is 16.3. The van der Waals surface area contributed by atoms with Crippen LogP contribution in [0.4, 0.5) is 0 Å². The van der Waals surface area contributed by atoms with Crippen LogP contribution in [0.25, 0.3) is 11.1 Å². The van der Waals surface area contributed by atoms with Crippen molar-refractivity contribution < 1.29 is 0 Å². The predicted molar refractivity (Wildman–Crippen MR) is 94.3 cm³/mol. The van der Waals surface area contributed by atoms with Gasteiger partial charge in [0.1, 0.15) is 0 Å². The largest absolute Gasteiger partial charge is 0.0654 e. The van der Waals surface area contributed by atoms with Crippen LogP contribution in [0.3, 0.4) is 0 Å². The highest BCUT2D eigenvalue weighted by molar-refractivity contribution is 5.81. The summed E-state index contributed by atoms with van der Waals surface area (Å²) in [4.78, 5) is 0. The Kier molecular flexibility index (Phi) is 3.36. The molecule has 22 heavy (non-hydrogen) atoms. The molecule has 0 saturated heterocycles. The molecular weight excluding hydrogens is 264 g/mol. The Bertz CT molecular complexity index is 695. The summed E-state index contributed by atoms with van der Waals surface area (Å²) in [6.07, 6.45) is 8.22. The number of rotatable bonds is 2. The lowest BCUT2D eigenvalue weighted by molar-refractivity contribution is 0.248. The Hall–Kier alpha value is -1.56. The minimum atomic E-state index is 0.302. The van der Waals surface area contributed by atoms with Gasteiger partial charge in [0.05, 0.1) is 0 Å². The highest BCUT2D eigenvalue weighted by atomic mass is 14.5. The number of aryl methyl sites for hydroxylation is 1. The van der Waals surface area contributed by atoms with Crippen molar-refractivity contribution in [3.05, 3.63) is 59.2 Å². The minimum Gasteiger partial charge on any atom is -0.0654 e. The molecule has 1 unspecified atom stereocenters. The van der Waals surface area contributed by atoms with Gasteiger partial charge >= 0.3 is 0 Å². The first-order chi connectivity index (χ1) is 10.7. The van der Waals surface area contributed by atoms with Crippen molar-refractivity contribution >= 4 is 0 Å². The second-order valence-corrected chi connectivity index (χ2v) is 7.43. The average Bonchev–Trinajstić information content (AvgIpc) is 2.79. The van der Waals surface area contributed by atoms with E-state index in [0.717, 1.165) is 5.92 Å². The molecule has 2 aromatic carbocycles. The Labute approximate surface area is 134 Å². The lowest BCUT2D eigenvalue weighted by Gasteiger charge is -2.40. The maximum Gasteiger partial charge on any atom is 0.0217 e. The van der Waals surface area contributed by atoms with Crippen LogP contribution in [0.15, 0.2) is 42.5 Å². The van der Waals surface area contributed by atoms with Crippen molar-refractivity contribution in [2.45, 2.75) is 57.8 Å². The topological polar surface area (TPSA) is 0 Å². The zero-order valence-corrected chi connectivity index (χ0v) is 13.9. The van der Waals surface area contributed by atoms with Crippen LogP contribution in [0.1, 0.15) is 62.1 Å². The van der Waals surface area contributed by atoms with Crippen LogP contribution in [-0.2, 0) is 5.41 Å². The fraction of sp³-hybridized carbons (Fsp3) is 0.455. The van der Waals surface area contributed by atoms with E-state index in [1.165, 1.54) is 55.2 Å². The first-order valence-electron chi connectivity index (χ1n) is 8.95. The zero-order chi connectivity index (χ0) is 15.2. The molecule has 2 aromatic rings. The van der Waals surface area contributed by atoms with Crippen molar-refractivity contribution in [1.82, 2.24) is 0 Å². The molecule has 0 heterocycles. The van der Waals surface area contributed by atoms with E-state index in [0.29, 0.717) is 5.41 Å². The normalized spacial score (nSPS) is 26.0. The molecule has 0 aromatic heterocycles. The van der Waals surface area contributed by atoms with Crippen LogP contribution < -0.4 is 0 Å². The van der Waals surface area contributed by atoms with Gasteiger partial charge in [-0.3, -0.25) is 0 Å². The van der Waals surface area contributed by atoms with Gasteiger partial charge < -0.3 is 0 Å². The second kappa shape index (κ2) is 5.26. The summed E-state index contributed by atoms with van der Waals surface area (Å²) in [7, 11) is 0. The zero-order valence-electron chi connectivity index (χ0n) is 13.9. The van der Waals surface area contributed by atoms with Gasteiger partial charge in [0, 0.05) is 5.41 Å². The minimum absolute atomic E-state index is 0.302. The van der Waals surface area contributed by atoms with E-state index >= 15 is 0 Å². The highest BCUT2D eigenvalue weighted by Crippen LogP contribution is 2.57. The first-order valence-corrected chi connectivity index (χ1v) is 8.95. The van der Waals surface area contributed by atoms with Crippen LogP contribution in [0.5, 0.6) is 0 Å². The monoisotopic (exact) mass is 290 g/mol. The Morgan fingerprint density at radius 1 is 1.05 bits per heavy atom. The van der Waals surface area contributed by atoms with Crippen LogP contribution in [0, 0.1) is 12.8 Å². The molecular formula is C22H26. The molecule has 1 spiro atoms. The van der Waals surface area contributed by atoms with Gasteiger partial charge in [-0.2, -0.15) is 0 Å². The second-order valence-electron chi connectivity index (χ2n) is 7.43. The Morgan fingerprint density at radius 2 is 1.86 bits per heavy atom. The number of fused-ring (bicyclic) bond motifs is 5. The van der Waals surface area contributed by atoms with Crippen molar-refractivity contribution in [2.75, 3.05) is 0 Å². The summed E-state index contributed by atoms with van der Waals surface area (Å²) < 4.78 is 0. The van der Waals surface area contributed by atoms with E-state index in [-0.39, 0.29) is 0 Å². The molecule has 0 aliphatic heterocycles. The van der Waals surface area contributed by atoms with Crippen molar-refractivity contribution in [3.63, 3.8) is 0 Å². The number of hydrogen-bond acceptors (Lipinski definition) is 0. The molecule has 0 nitrogen and oxygen atoms in total. The molecule has 0 amide bonds. The average molecular weight is 290 g/mol. The predicted octanol–water partition coefficient (Wildman–Crippen LogP) is 6.25. The standard InChI is InChI=1S/C22H26/c1-3-7-17-8-6-13-22(15-17)20-10-5-4-9-18(20)19-12-11-16(2)14-21(19)22/h4-5,9-12,14,17H,3,6-8,13,15H2,1-2H3/t17-,22?/m0/s1. The molecule has 1 saturated carbocycles. The fourth-order valence-electron chi connectivity index (χ4n) is 5.10. The van der Waals surface area contributed by atoms with Crippen molar-refractivity contribution in [1.29, 1.82) is 0 Å². The summed E-state index contributed by atoms with van der Waals surface area (Å²) in [5.41, 5.74) is 7.93. The molecule has 2 atom stereocenters. The lowest BCUT2D eigenvalue weighted by Crippen LogP contribution is -2.32. The van der Waals surface area contributed by atoms with E-state index in [2.05, 4.69) is 56.3 Å². The van der Waals surface area contributed by atoms with Crippen molar-refractivity contribution in [2.24, 2.45) is 5.92 Å². The van der Waals surface area contributed by atoms with Gasteiger partial charge in [-0.05, 0) is 47.9 Å². The van der Waals surface area contributed by atoms with E-state index < -0.39 is 0 Å². The number of benzene rings is 2. The molecule has 0 bridgehead atoms. The molecule has 4 rings (SSSR count). The first kappa shape index (κ1) is 14.1. The molecule has 2 aliphatic rings. The van der Waals surface area contributed by atoms with Gasteiger partial charge in [-0.15, -0.1) is 0 Å². The molecule has 0 heteroatoms. The molecule has 114 valence electrons. The Morgan fingerprint density at radius 3 is 2.73 bits per heavy atom. The van der Waals surface area contributed by atoms with E-state index in [1.807, 2.05) is 0 Å². The fourth-order valence-corrected chi connectivity index (χ4v) is 5.10. The molecule has 2 aliphatic carbocycles. The van der Waals surface area contributed by atoms with E-state index in [9.17, 15) is 0 Å². The van der Waals surface area contributed by atoms with Gasteiger partial charge in [-0.25, -0.2) is 0 Å². The van der Waals surface area contributed by atoms with Crippen LogP contribution >= 0.6 is 0 Å². The van der Waals surface area contributed by atoms with Crippen LogP contribution in [-0.4, -0.2) is 0 Å². The summed E-state index contributed by atoms with van der Waals surface area (Å²) >= 11 is 0. The quantitative estimate of drug-likeness (QED) is 0.613. The summed E-state index contributed by atoms with van der Waals surface area (Å²) in [5, 5.41) is 0. The van der Waals surface area contributed by atoms with E-state index in [4.69, 9.17) is 0 Å². The molecule has 0 radical (unpaired) electrons. The molecule has 1 fully saturated rings. The third kappa shape index (κ3) is 1.96. The molecule has 0 N–H and O–H groups in total. The van der Waals surface area contributed by atoms with Gasteiger partial charge in [0.2, 0.25) is 0 Å². The summed E-state index contributed by atoms with van der Waals surface area (Å²) in [6.45, 7) is 4.57. The summed E-state index contributed by atoms with van der Waals surface area (Å²) in [5.74, 6) is 0.901. The lowest BCUT2D eigenvalue weighted by atomic mass is 9.63. The third-order valence-corrected chi connectivity index (χ3v) is 5.97. The SMILES string of the molecule is CCC[C@H]1CCCC2(C1)c1ccccc1-c1ccc(C)cc12. The van der Waals surface area contributed by atoms with Crippen molar-refractivity contribution in [3.8, 4) is 11.1 Å². The third-order valence-electron chi connectivity index (χ3n) is 5.97. The Balaban J connectivity index is 1.90. The maximum atomic E-state index is 2.48. The van der Waals surface area contributed by atoms with Gasteiger partial charge in [-0.1, -0.05) is 80.6 Å². The van der Waals surface area contributed by atoms with Gasteiger partial charge in [0.15, 0.2) is 0 Å². The maximum absolute atomic E-state index is 2.48. The van der Waals surface area contributed by atoms with E-state index in [1.54, 1.807) is 11.1 Å². The number of hydrogen-bond donors (Lipinski definition) is 0.